The predicted molar refractivity (Wildman–Crippen MR) is 66.6 cm³/mol. The molecule has 2 unspecified atom stereocenters. The number of aromatic nitrogens is 1. The summed E-state index contributed by atoms with van der Waals surface area (Å²) in [6.45, 7) is 2.29. The number of carbonyl (C=O) groups is 2. The van der Waals surface area contributed by atoms with E-state index >= 15 is 0 Å². The Morgan fingerprint density at radius 3 is 2.85 bits per heavy atom. The molecule has 1 N–H and O–H groups in total. The minimum Gasteiger partial charge on any atom is -0.481 e. The number of hydrogen-bond acceptors (Lipinski definition) is 4. The quantitative estimate of drug-likeness (QED) is 0.883. The van der Waals surface area contributed by atoms with Crippen molar-refractivity contribution >= 4 is 11.9 Å². The summed E-state index contributed by atoms with van der Waals surface area (Å²) in [5.41, 5.74) is 0.0999. The van der Waals surface area contributed by atoms with Crippen LogP contribution in [-0.2, 0) is 9.53 Å². The van der Waals surface area contributed by atoms with E-state index in [9.17, 15) is 14.0 Å². The van der Waals surface area contributed by atoms with Gasteiger partial charge >= 0.3 is 5.97 Å². The first-order chi connectivity index (χ1) is 9.54. The Morgan fingerprint density at radius 1 is 1.50 bits per heavy atom. The molecule has 2 rings (SSSR count). The highest BCUT2D eigenvalue weighted by atomic mass is 19.1. The van der Waals surface area contributed by atoms with Gasteiger partial charge in [-0.15, -0.1) is 0 Å². The maximum absolute atomic E-state index is 13.1. The predicted octanol–water partition coefficient (Wildman–Crippen LogP) is 0.782. The molecule has 108 valence electrons. The molecule has 1 saturated heterocycles. The molecule has 0 aliphatic carbocycles. The van der Waals surface area contributed by atoms with Gasteiger partial charge in [0.2, 0.25) is 0 Å². The lowest BCUT2D eigenvalue weighted by Crippen LogP contribution is -2.46. The van der Waals surface area contributed by atoms with Gasteiger partial charge in [0.05, 0.1) is 31.0 Å². The minimum atomic E-state index is -1.00. The second kappa shape index (κ2) is 5.96. The van der Waals surface area contributed by atoms with Crippen molar-refractivity contribution in [1.82, 2.24) is 9.88 Å². The van der Waals surface area contributed by atoms with Crippen LogP contribution in [0.5, 0.6) is 0 Å². The molecule has 1 aliphatic rings. The number of likely N-dealkylation sites (N-methyl/N-ethyl adjacent to an activating group) is 1. The highest BCUT2D eigenvalue weighted by Crippen LogP contribution is 2.22. The van der Waals surface area contributed by atoms with Crippen LogP contribution in [0.1, 0.15) is 17.3 Å². The number of pyridine rings is 1. The van der Waals surface area contributed by atoms with Gasteiger partial charge in [0.15, 0.2) is 0 Å². The molecule has 20 heavy (non-hydrogen) atoms. The molecular formula is C13H15FN2O4. The van der Waals surface area contributed by atoms with Gasteiger partial charge in [-0.3, -0.25) is 14.6 Å². The van der Waals surface area contributed by atoms with Crippen LogP contribution in [0.25, 0.3) is 0 Å². The Balaban J connectivity index is 2.23. The Bertz CT molecular complexity index is 523. The topological polar surface area (TPSA) is 79.7 Å². The van der Waals surface area contributed by atoms with E-state index in [1.807, 2.05) is 0 Å². The van der Waals surface area contributed by atoms with Crippen LogP contribution < -0.4 is 0 Å². The zero-order chi connectivity index (χ0) is 14.7. The lowest BCUT2D eigenvalue weighted by molar-refractivity contribution is -0.142. The lowest BCUT2D eigenvalue weighted by Gasteiger charge is -2.29. The number of carboxylic acid groups (broad SMARTS) is 1. The first-order valence-electron chi connectivity index (χ1n) is 6.26. The summed E-state index contributed by atoms with van der Waals surface area (Å²) in [6.07, 6.45) is 2.27. The van der Waals surface area contributed by atoms with Gasteiger partial charge in [0.1, 0.15) is 11.7 Å². The highest BCUT2D eigenvalue weighted by Gasteiger charge is 2.39. The van der Waals surface area contributed by atoms with Crippen molar-refractivity contribution in [2.45, 2.75) is 13.0 Å². The molecule has 6 nitrogen and oxygen atoms in total. The molecule has 0 bridgehead atoms. The fraction of sp³-hybridized carbons (Fsp3) is 0.462. The third kappa shape index (κ3) is 2.77. The van der Waals surface area contributed by atoms with Crippen LogP contribution in [0.15, 0.2) is 18.5 Å². The third-order valence-corrected chi connectivity index (χ3v) is 3.32. The van der Waals surface area contributed by atoms with E-state index in [1.165, 1.54) is 11.1 Å². The molecule has 2 heterocycles. The molecular weight excluding hydrogens is 267 g/mol. The molecule has 2 atom stereocenters. The summed E-state index contributed by atoms with van der Waals surface area (Å²) in [5, 5.41) is 9.13. The van der Waals surface area contributed by atoms with Crippen LogP contribution in [-0.4, -0.2) is 52.7 Å². The van der Waals surface area contributed by atoms with Gasteiger partial charge in [0, 0.05) is 12.7 Å². The molecule has 0 aromatic carbocycles. The number of ether oxygens (including phenoxy) is 1. The summed E-state index contributed by atoms with van der Waals surface area (Å²) < 4.78 is 18.3. The maximum atomic E-state index is 13.1. The minimum absolute atomic E-state index is 0.0746. The number of nitrogens with zero attached hydrogens (tertiary/aromatic N) is 2. The Morgan fingerprint density at radius 2 is 2.25 bits per heavy atom. The lowest BCUT2D eigenvalue weighted by atomic mass is 10.0. The molecule has 0 spiro atoms. The fourth-order valence-electron chi connectivity index (χ4n) is 2.31. The first-order valence-corrected chi connectivity index (χ1v) is 6.26. The zero-order valence-electron chi connectivity index (χ0n) is 11.0. The average molecular weight is 282 g/mol. The van der Waals surface area contributed by atoms with Crippen LogP contribution in [0, 0.1) is 11.7 Å². The van der Waals surface area contributed by atoms with E-state index in [0.29, 0.717) is 6.54 Å². The van der Waals surface area contributed by atoms with Crippen LogP contribution in [0.4, 0.5) is 4.39 Å². The van der Waals surface area contributed by atoms with E-state index < -0.39 is 29.7 Å². The van der Waals surface area contributed by atoms with Gasteiger partial charge in [-0.25, -0.2) is 4.39 Å². The van der Waals surface area contributed by atoms with Crippen LogP contribution in [0.2, 0.25) is 0 Å². The maximum Gasteiger partial charge on any atom is 0.311 e. The normalized spacial score (nSPS) is 21.7. The van der Waals surface area contributed by atoms with E-state index in [0.717, 1.165) is 12.3 Å². The van der Waals surface area contributed by atoms with Gasteiger partial charge in [-0.2, -0.15) is 0 Å². The summed E-state index contributed by atoms with van der Waals surface area (Å²) in [4.78, 5) is 28.5. The van der Waals surface area contributed by atoms with Crippen molar-refractivity contribution in [1.29, 1.82) is 0 Å². The number of carbonyl (C=O) groups excluding carboxylic acids is 1. The molecule has 0 radical (unpaired) electrons. The highest BCUT2D eigenvalue weighted by molar-refractivity contribution is 5.94. The number of carboxylic acids is 1. The number of rotatable bonds is 4. The first kappa shape index (κ1) is 14.4. The molecule has 1 amide bonds. The van der Waals surface area contributed by atoms with Gasteiger partial charge in [-0.1, -0.05) is 0 Å². The van der Waals surface area contributed by atoms with Crippen LogP contribution in [0.3, 0.4) is 0 Å². The van der Waals surface area contributed by atoms with Crippen molar-refractivity contribution in [3.05, 3.63) is 29.8 Å². The van der Waals surface area contributed by atoms with Crippen molar-refractivity contribution in [2.24, 2.45) is 5.92 Å². The van der Waals surface area contributed by atoms with Crippen LogP contribution >= 0.6 is 0 Å². The molecule has 0 saturated carbocycles. The molecule has 7 heteroatoms. The molecule has 1 fully saturated rings. The van der Waals surface area contributed by atoms with Gasteiger partial charge in [0.25, 0.3) is 5.91 Å². The SMILES string of the molecule is CCN(C(=O)c1cncc(F)c1)C1COCC1C(=O)O. The second-order valence-electron chi connectivity index (χ2n) is 4.53. The summed E-state index contributed by atoms with van der Waals surface area (Å²) in [5.74, 6) is -2.82. The Hall–Kier alpha value is -2.02. The third-order valence-electron chi connectivity index (χ3n) is 3.32. The van der Waals surface area contributed by atoms with Crippen molar-refractivity contribution in [3.63, 3.8) is 0 Å². The van der Waals surface area contributed by atoms with E-state index in [1.54, 1.807) is 6.92 Å². The Labute approximate surface area is 115 Å². The van der Waals surface area contributed by atoms with Crippen molar-refractivity contribution < 1.29 is 23.8 Å². The Kier molecular flexibility index (Phi) is 4.29. The van der Waals surface area contributed by atoms with E-state index in [-0.39, 0.29) is 18.8 Å². The standard InChI is InChI=1S/C13H15FN2O4/c1-2-16(11-7-20-6-10(11)13(18)19)12(17)8-3-9(14)5-15-4-8/h3-5,10-11H,2,6-7H2,1H3,(H,18,19). The molecule has 1 aromatic heterocycles. The second-order valence-corrected chi connectivity index (χ2v) is 4.53. The summed E-state index contributed by atoms with van der Waals surface area (Å²) in [6, 6.07) is 0.539. The fourth-order valence-corrected chi connectivity index (χ4v) is 2.31. The average Bonchev–Trinajstić information content (AvgIpc) is 2.89. The molecule has 1 aliphatic heterocycles. The number of hydrogen-bond donors (Lipinski definition) is 1. The zero-order valence-corrected chi connectivity index (χ0v) is 11.0. The summed E-state index contributed by atoms with van der Waals surface area (Å²) >= 11 is 0. The summed E-state index contributed by atoms with van der Waals surface area (Å²) in [7, 11) is 0. The van der Waals surface area contributed by atoms with Gasteiger partial charge < -0.3 is 14.7 Å². The number of amides is 1. The molecule has 1 aromatic rings. The van der Waals surface area contributed by atoms with E-state index in [4.69, 9.17) is 9.84 Å². The van der Waals surface area contributed by atoms with E-state index in [2.05, 4.69) is 4.98 Å². The number of halogens is 1. The van der Waals surface area contributed by atoms with Crippen molar-refractivity contribution in [3.8, 4) is 0 Å². The smallest absolute Gasteiger partial charge is 0.311 e. The largest absolute Gasteiger partial charge is 0.481 e. The number of aliphatic carboxylic acids is 1. The van der Waals surface area contributed by atoms with Crippen molar-refractivity contribution in [2.75, 3.05) is 19.8 Å². The van der Waals surface area contributed by atoms with Gasteiger partial charge in [-0.05, 0) is 13.0 Å². The monoisotopic (exact) mass is 282 g/mol.